The predicted molar refractivity (Wildman–Crippen MR) is 109 cm³/mol. The zero-order valence-corrected chi connectivity index (χ0v) is 16.3. The number of hydrogen-bond donors (Lipinski definition) is 1. The van der Waals surface area contributed by atoms with Gasteiger partial charge in [0.25, 0.3) is 11.8 Å². The van der Waals surface area contributed by atoms with Gasteiger partial charge in [-0.3, -0.25) is 9.59 Å². The Morgan fingerprint density at radius 1 is 0.800 bits per heavy atom. The molecule has 0 spiro atoms. The van der Waals surface area contributed by atoms with Crippen molar-refractivity contribution in [3.05, 3.63) is 89.5 Å². The topological polar surface area (TPSA) is 49.4 Å². The molecule has 0 radical (unpaired) electrons. The summed E-state index contributed by atoms with van der Waals surface area (Å²) in [5, 5.41) is 2.74. The Kier molecular flexibility index (Phi) is 5.91. The maximum Gasteiger partial charge on any atom is 0.416 e. The number of benzene rings is 3. The van der Waals surface area contributed by atoms with Gasteiger partial charge in [0.05, 0.1) is 16.8 Å². The first-order valence-electron chi connectivity index (χ1n) is 9.07. The second-order valence-corrected chi connectivity index (χ2v) is 6.82. The number of nitrogens with one attached hydrogen (secondary N) is 1. The van der Waals surface area contributed by atoms with Gasteiger partial charge in [0.15, 0.2) is 0 Å². The number of carbonyl (C=O) groups excluding carboxylic acids is 2. The third kappa shape index (κ3) is 4.51. The normalized spacial score (nSPS) is 11.1. The predicted octanol–water partition coefficient (Wildman–Crippen LogP) is 5.33. The number of rotatable bonds is 4. The number of hydrogen-bond acceptors (Lipinski definition) is 2. The Bertz CT molecular complexity index is 1070. The third-order valence-electron chi connectivity index (χ3n) is 4.51. The van der Waals surface area contributed by atoms with Crippen LogP contribution in [0.4, 0.5) is 18.9 Å². The molecule has 7 heteroatoms. The van der Waals surface area contributed by atoms with Gasteiger partial charge in [-0.15, -0.1) is 0 Å². The molecule has 0 aliphatic heterocycles. The lowest BCUT2D eigenvalue weighted by Gasteiger charge is -2.16. The van der Waals surface area contributed by atoms with Gasteiger partial charge in [0, 0.05) is 19.7 Å². The molecular weight excluding hydrogens is 393 g/mol. The molecule has 2 amide bonds. The molecule has 0 saturated carbocycles. The van der Waals surface area contributed by atoms with Crippen LogP contribution < -0.4 is 5.32 Å². The van der Waals surface area contributed by atoms with E-state index >= 15 is 0 Å². The smallest absolute Gasteiger partial charge is 0.345 e. The Hall–Kier alpha value is -3.61. The van der Waals surface area contributed by atoms with Crippen LogP contribution >= 0.6 is 0 Å². The van der Waals surface area contributed by atoms with E-state index in [2.05, 4.69) is 5.32 Å². The molecular formula is C23H19F3N2O2. The zero-order valence-electron chi connectivity index (χ0n) is 16.3. The molecule has 154 valence electrons. The fraction of sp³-hybridized carbons (Fsp3) is 0.130. The summed E-state index contributed by atoms with van der Waals surface area (Å²) in [5.74, 6) is -0.730. The minimum atomic E-state index is -4.43. The van der Waals surface area contributed by atoms with Gasteiger partial charge in [-0.25, -0.2) is 0 Å². The van der Waals surface area contributed by atoms with E-state index in [1.807, 2.05) is 0 Å². The highest BCUT2D eigenvalue weighted by Crippen LogP contribution is 2.32. The molecule has 0 heterocycles. The number of halogens is 3. The molecule has 0 bridgehead atoms. The van der Waals surface area contributed by atoms with Crippen molar-refractivity contribution in [3.63, 3.8) is 0 Å². The quantitative estimate of drug-likeness (QED) is 0.630. The molecule has 0 atom stereocenters. The van der Waals surface area contributed by atoms with E-state index < -0.39 is 17.6 Å². The number of alkyl halides is 3. The lowest BCUT2D eigenvalue weighted by Crippen LogP contribution is -2.24. The molecule has 30 heavy (non-hydrogen) atoms. The molecule has 0 fully saturated rings. The summed E-state index contributed by atoms with van der Waals surface area (Å²) in [7, 11) is 3.22. The van der Waals surface area contributed by atoms with Crippen LogP contribution in [0.5, 0.6) is 0 Å². The first kappa shape index (κ1) is 21.1. The van der Waals surface area contributed by atoms with Crippen molar-refractivity contribution in [1.82, 2.24) is 4.90 Å². The number of nitrogens with zero attached hydrogens (tertiary/aromatic N) is 1. The van der Waals surface area contributed by atoms with Crippen molar-refractivity contribution in [2.24, 2.45) is 0 Å². The van der Waals surface area contributed by atoms with E-state index in [1.54, 1.807) is 62.6 Å². The van der Waals surface area contributed by atoms with Gasteiger partial charge in [-0.2, -0.15) is 13.2 Å². The average Bonchev–Trinajstić information content (AvgIpc) is 2.73. The first-order chi connectivity index (χ1) is 14.2. The molecule has 0 aliphatic rings. The van der Waals surface area contributed by atoms with Crippen LogP contribution in [0.25, 0.3) is 11.1 Å². The molecule has 3 aromatic carbocycles. The van der Waals surface area contributed by atoms with Crippen LogP contribution in [0.2, 0.25) is 0 Å². The van der Waals surface area contributed by atoms with Crippen LogP contribution in [-0.4, -0.2) is 30.8 Å². The van der Waals surface area contributed by atoms with E-state index in [0.717, 1.165) is 12.1 Å². The van der Waals surface area contributed by atoms with E-state index in [4.69, 9.17) is 0 Å². The minimum absolute atomic E-state index is 0.262. The second kappa shape index (κ2) is 8.41. The van der Waals surface area contributed by atoms with Gasteiger partial charge < -0.3 is 10.2 Å². The zero-order chi connectivity index (χ0) is 21.9. The summed E-state index contributed by atoms with van der Waals surface area (Å²) in [5.41, 5.74) is 1.17. The monoisotopic (exact) mass is 412 g/mol. The Morgan fingerprint density at radius 3 is 1.97 bits per heavy atom. The van der Waals surface area contributed by atoms with Crippen molar-refractivity contribution in [3.8, 4) is 11.1 Å². The van der Waals surface area contributed by atoms with Crippen molar-refractivity contribution in [1.29, 1.82) is 0 Å². The summed E-state index contributed by atoms with van der Waals surface area (Å²) in [6.07, 6.45) is -4.43. The lowest BCUT2D eigenvalue weighted by molar-refractivity contribution is -0.137. The fourth-order valence-electron chi connectivity index (χ4n) is 2.98. The van der Waals surface area contributed by atoms with Crippen molar-refractivity contribution < 1.29 is 22.8 Å². The SMILES string of the molecule is CN(C)C(=O)c1ccccc1NC(=O)c1ccccc1-c1ccc(C(F)(F)F)cc1. The minimum Gasteiger partial charge on any atom is -0.345 e. The Balaban J connectivity index is 1.94. The first-order valence-corrected chi connectivity index (χ1v) is 9.07. The van der Waals surface area contributed by atoms with Gasteiger partial charge in [-0.1, -0.05) is 42.5 Å². The molecule has 0 aliphatic carbocycles. The van der Waals surface area contributed by atoms with Crippen molar-refractivity contribution in [2.45, 2.75) is 6.18 Å². The molecule has 1 N–H and O–H groups in total. The summed E-state index contributed by atoms with van der Waals surface area (Å²) in [6, 6.07) is 17.9. The van der Waals surface area contributed by atoms with Crippen molar-refractivity contribution in [2.75, 3.05) is 19.4 Å². The summed E-state index contributed by atoms with van der Waals surface area (Å²) < 4.78 is 38.5. The molecule has 3 rings (SSSR count). The van der Waals surface area contributed by atoms with Crippen LogP contribution in [0.1, 0.15) is 26.3 Å². The summed E-state index contributed by atoms with van der Waals surface area (Å²) in [4.78, 5) is 26.7. The van der Waals surface area contributed by atoms with Crippen LogP contribution in [0, 0.1) is 0 Å². The fourth-order valence-corrected chi connectivity index (χ4v) is 2.98. The van der Waals surface area contributed by atoms with Crippen molar-refractivity contribution >= 4 is 17.5 Å². The highest BCUT2D eigenvalue weighted by molar-refractivity contribution is 6.11. The molecule has 0 aromatic heterocycles. The molecule has 3 aromatic rings. The number of para-hydroxylation sites is 1. The standard InChI is InChI=1S/C23H19F3N2O2/c1-28(2)22(30)19-9-5-6-10-20(19)27-21(29)18-8-4-3-7-17(18)15-11-13-16(14-12-15)23(24,25)26/h3-14H,1-2H3,(H,27,29). The van der Waals surface area contributed by atoms with Gasteiger partial charge in [0.2, 0.25) is 0 Å². The van der Waals surface area contributed by atoms with Gasteiger partial charge in [0.1, 0.15) is 0 Å². The second-order valence-electron chi connectivity index (χ2n) is 6.82. The third-order valence-corrected chi connectivity index (χ3v) is 4.51. The van der Waals surface area contributed by atoms with Crippen LogP contribution in [0.3, 0.4) is 0 Å². The highest BCUT2D eigenvalue weighted by atomic mass is 19.4. The number of anilines is 1. The molecule has 0 unspecified atom stereocenters. The van der Waals surface area contributed by atoms with E-state index in [0.29, 0.717) is 22.4 Å². The maximum atomic E-state index is 13.0. The average molecular weight is 412 g/mol. The number of amides is 2. The summed E-state index contributed by atoms with van der Waals surface area (Å²) in [6.45, 7) is 0. The van der Waals surface area contributed by atoms with Gasteiger partial charge >= 0.3 is 6.18 Å². The molecule has 4 nitrogen and oxygen atoms in total. The van der Waals surface area contributed by atoms with E-state index in [1.165, 1.54) is 17.0 Å². The number of carbonyl (C=O) groups is 2. The van der Waals surface area contributed by atoms with Crippen LogP contribution in [0.15, 0.2) is 72.8 Å². The molecule has 0 saturated heterocycles. The van der Waals surface area contributed by atoms with Gasteiger partial charge in [-0.05, 0) is 41.5 Å². The van der Waals surface area contributed by atoms with E-state index in [9.17, 15) is 22.8 Å². The maximum absolute atomic E-state index is 13.0. The highest BCUT2D eigenvalue weighted by Gasteiger charge is 2.30. The van der Waals surface area contributed by atoms with E-state index in [-0.39, 0.29) is 11.5 Å². The Labute approximate surface area is 171 Å². The largest absolute Gasteiger partial charge is 0.416 e. The van der Waals surface area contributed by atoms with Crippen LogP contribution in [-0.2, 0) is 6.18 Å². The Morgan fingerprint density at radius 2 is 1.37 bits per heavy atom. The summed E-state index contributed by atoms with van der Waals surface area (Å²) >= 11 is 0. The lowest BCUT2D eigenvalue weighted by atomic mass is 9.98.